The second-order valence-electron chi connectivity index (χ2n) is 7.58. The molecule has 0 amide bonds. The van der Waals surface area contributed by atoms with Crippen LogP contribution in [0.4, 0.5) is 5.95 Å². The van der Waals surface area contributed by atoms with Crippen LogP contribution in [-0.4, -0.2) is 24.2 Å². The lowest BCUT2D eigenvalue weighted by Crippen LogP contribution is -2.08. The Morgan fingerprint density at radius 1 is 0.970 bits per heavy atom. The second-order valence-corrected chi connectivity index (χ2v) is 7.58. The molecule has 0 aliphatic heterocycles. The second kappa shape index (κ2) is 8.70. The van der Waals surface area contributed by atoms with Gasteiger partial charge in [0.15, 0.2) is 11.5 Å². The third-order valence-corrected chi connectivity index (χ3v) is 5.56. The molecule has 3 aromatic carbocycles. The molecule has 7 nitrogen and oxygen atoms in total. The molecular formula is C26H24N4O3. The number of rotatable bonds is 6. The van der Waals surface area contributed by atoms with E-state index in [0.29, 0.717) is 23.2 Å². The van der Waals surface area contributed by atoms with Gasteiger partial charge in [-0.25, -0.2) is 10.4 Å². The Bertz CT molecular complexity index is 1480. The van der Waals surface area contributed by atoms with Crippen LogP contribution in [0.25, 0.3) is 33.3 Å². The first-order valence-electron chi connectivity index (χ1n) is 10.7. The van der Waals surface area contributed by atoms with Crippen molar-refractivity contribution in [3.05, 3.63) is 77.7 Å². The summed E-state index contributed by atoms with van der Waals surface area (Å²) in [5, 5.41) is 6.34. The molecular weight excluding hydrogens is 416 g/mol. The van der Waals surface area contributed by atoms with Crippen LogP contribution in [0.2, 0.25) is 0 Å². The number of nitrogens with zero attached hydrogens (tertiary/aromatic N) is 2. The summed E-state index contributed by atoms with van der Waals surface area (Å²) < 4.78 is 17.1. The van der Waals surface area contributed by atoms with Gasteiger partial charge in [0.2, 0.25) is 5.95 Å². The van der Waals surface area contributed by atoms with Crippen molar-refractivity contribution in [2.24, 2.45) is 5.10 Å². The molecule has 2 heterocycles. The molecule has 5 aromatic rings. The first-order chi connectivity index (χ1) is 16.2. The van der Waals surface area contributed by atoms with Crippen molar-refractivity contribution in [3.8, 4) is 22.8 Å². The maximum atomic E-state index is 6.25. The minimum atomic E-state index is 0.574. The summed E-state index contributed by atoms with van der Waals surface area (Å²) in [7, 11) is 3.23. The van der Waals surface area contributed by atoms with E-state index in [-0.39, 0.29) is 0 Å². The molecule has 2 N–H and O–H groups in total. The summed E-state index contributed by atoms with van der Waals surface area (Å²) >= 11 is 0. The Kier molecular flexibility index (Phi) is 5.44. The summed E-state index contributed by atoms with van der Waals surface area (Å²) in [6, 6.07) is 21.6. The molecule has 0 saturated carbocycles. The van der Waals surface area contributed by atoms with Gasteiger partial charge in [0.05, 0.1) is 30.6 Å². The van der Waals surface area contributed by atoms with Crippen molar-refractivity contribution in [2.45, 2.75) is 13.3 Å². The molecule has 0 radical (unpaired) electrons. The predicted molar refractivity (Wildman–Crippen MR) is 129 cm³/mol. The Morgan fingerprint density at radius 3 is 2.61 bits per heavy atom. The van der Waals surface area contributed by atoms with Gasteiger partial charge >= 0.3 is 0 Å². The lowest BCUT2D eigenvalue weighted by Gasteiger charge is -2.10. The van der Waals surface area contributed by atoms with Gasteiger partial charge in [0.25, 0.3) is 0 Å². The van der Waals surface area contributed by atoms with Gasteiger partial charge < -0.3 is 18.9 Å². The fraction of sp³-hybridized carbons (Fsp3) is 0.154. The molecule has 0 fully saturated rings. The minimum Gasteiger partial charge on any atom is -0.493 e. The molecule has 7 heteroatoms. The lowest BCUT2D eigenvalue weighted by molar-refractivity contribution is 0.355. The molecule has 0 atom stereocenters. The van der Waals surface area contributed by atoms with Crippen molar-refractivity contribution in [2.75, 3.05) is 19.6 Å². The number of aromatic nitrogens is 2. The van der Waals surface area contributed by atoms with Crippen LogP contribution in [0.15, 0.2) is 76.2 Å². The van der Waals surface area contributed by atoms with Crippen LogP contribution in [-0.2, 0) is 6.42 Å². The summed E-state index contributed by atoms with van der Waals surface area (Å²) in [6.07, 6.45) is 0.920. The number of imidazole rings is 1. The SMILES string of the molecule is CCc1ccc2oc(-c3ccc(OC)c(OC)c3)cc(=NNc3nc4ccccc4[nH]3)c2c1. The number of benzene rings is 3. The highest BCUT2D eigenvalue weighted by molar-refractivity contribution is 5.80. The first-order valence-corrected chi connectivity index (χ1v) is 10.7. The number of aromatic amines is 1. The van der Waals surface area contributed by atoms with Crippen molar-refractivity contribution in [3.63, 3.8) is 0 Å². The fourth-order valence-electron chi connectivity index (χ4n) is 3.78. The Balaban J connectivity index is 1.64. The quantitative estimate of drug-likeness (QED) is 0.341. The van der Waals surface area contributed by atoms with Crippen LogP contribution in [0.3, 0.4) is 0 Å². The van der Waals surface area contributed by atoms with Gasteiger partial charge in [-0.3, -0.25) is 0 Å². The van der Waals surface area contributed by atoms with Crippen molar-refractivity contribution in [1.29, 1.82) is 0 Å². The van der Waals surface area contributed by atoms with Crippen LogP contribution in [0.1, 0.15) is 12.5 Å². The normalized spacial score (nSPS) is 11.8. The number of anilines is 1. The van der Waals surface area contributed by atoms with E-state index < -0.39 is 0 Å². The van der Waals surface area contributed by atoms with Crippen molar-refractivity contribution in [1.82, 2.24) is 9.97 Å². The van der Waals surface area contributed by atoms with Gasteiger partial charge in [0, 0.05) is 17.0 Å². The highest BCUT2D eigenvalue weighted by atomic mass is 16.5. The highest BCUT2D eigenvalue weighted by Gasteiger charge is 2.11. The number of H-pyrrole nitrogens is 1. The number of aryl methyl sites for hydroxylation is 1. The number of fused-ring (bicyclic) bond motifs is 2. The fourth-order valence-corrected chi connectivity index (χ4v) is 3.78. The van der Waals surface area contributed by atoms with Crippen molar-refractivity contribution < 1.29 is 13.9 Å². The smallest absolute Gasteiger partial charge is 0.222 e. The summed E-state index contributed by atoms with van der Waals surface area (Å²) in [5.41, 5.74) is 7.70. The average Bonchev–Trinajstić information content (AvgIpc) is 3.29. The number of hydrogen-bond acceptors (Lipinski definition) is 6. The summed E-state index contributed by atoms with van der Waals surface area (Å²) in [4.78, 5) is 7.79. The van der Waals surface area contributed by atoms with E-state index in [9.17, 15) is 0 Å². The third kappa shape index (κ3) is 4.01. The molecule has 0 aliphatic rings. The summed E-state index contributed by atoms with van der Waals surface area (Å²) in [5.74, 6) is 2.53. The molecule has 0 unspecified atom stereocenters. The topological polar surface area (TPSA) is 84.7 Å². The molecule has 0 saturated heterocycles. The maximum absolute atomic E-state index is 6.25. The Morgan fingerprint density at radius 2 is 1.82 bits per heavy atom. The van der Waals surface area contributed by atoms with E-state index in [2.05, 4.69) is 39.6 Å². The van der Waals surface area contributed by atoms with Crippen molar-refractivity contribution >= 4 is 28.0 Å². The zero-order valence-corrected chi connectivity index (χ0v) is 18.7. The zero-order valence-electron chi connectivity index (χ0n) is 18.7. The maximum Gasteiger partial charge on any atom is 0.222 e. The molecule has 5 rings (SSSR count). The number of para-hydroxylation sites is 2. The monoisotopic (exact) mass is 440 g/mol. The Hall–Kier alpha value is -4.26. The molecule has 0 bridgehead atoms. The molecule has 166 valence electrons. The van der Waals surface area contributed by atoms with E-state index in [1.54, 1.807) is 14.2 Å². The molecule has 0 spiro atoms. The van der Waals surface area contributed by atoms with Gasteiger partial charge in [-0.1, -0.05) is 25.1 Å². The summed E-state index contributed by atoms with van der Waals surface area (Å²) in [6.45, 7) is 2.12. The average molecular weight is 441 g/mol. The zero-order chi connectivity index (χ0) is 22.8. The van der Waals surface area contributed by atoms with E-state index in [1.807, 2.05) is 54.6 Å². The minimum absolute atomic E-state index is 0.574. The van der Waals surface area contributed by atoms with Crippen LogP contribution in [0.5, 0.6) is 11.5 Å². The van der Waals surface area contributed by atoms with Gasteiger partial charge in [-0.05, 0) is 54.4 Å². The lowest BCUT2D eigenvalue weighted by atomic mass is 10.1. The molecule has 33 heavy (non-hydrogen) atoms. The standard InChI is InChI=1S/C26H24N4O3/c1-4-16-9-11-22-18(13-16)21(29-30-26-27-19-7-5-6-8-20(19)28-26)15-24(33-22)17-10-12-23(31-2)25(14-17)32-3/h5-15H,4H2,1-3H3,(H2,27,28,30). The molecule has 0 aliphatic carbocycles. The Labute approximate surface area is 190 Å². The van der Waals surface area contributed by atoms with Gasteiger partial charge in [-0.15, -0.1) is 0 Å². The van der Waals surface area contributed by atoms with E-state index in [0.717, 1.165) is 39.3 Å². The molecule has 2 aromatic heterocycles. The number of nitrogens with one attached hydrogen (secondary N) is 2. The van der Waals surface area contributed by atoms with E-state index >= 15 is 0 Å². The van der Waals surface area contributed by atoms with Crippen LogP contribution >= 0.6 is 0 Å². The third-order valence-electron chi connectivity index (χ3n) is 5.56. The van der Waals surface area contributed by atoms with Gasteiger partial charge in [-0.2, -0.15) is 5.10 Å². The number of ether oxygens (including phenoxy) is 2. The van der Waals surface area contributed by atoms with E-state index in [1.165, 1.54) is 5.56 Å². The number of methoxy groups -OCH3 is 2. The van der Waals surface area contributed by atoms with Crippen LogP contribution < -0.4 is 20.3 Å². The first kappa shape index (κ1) is 20.6. The largest absolute Gasteiger partial charge is 0.493 e. The number of hydrogen-bond donors (Lipinski definition) is 2. The highest BCUT2D eigenvalue weighted by Crippen LogP contribution is 2.32. The van der Waals surface area contributed by atoms with Gasteiger partial charge in [0.1, 0.15) is 11.3 Å². The van der Waals surface area contributed by atoms with E-state index in [4.69, 9.17) is 13.9 Å². The predicted octanol–water partition coefficient (Wildman–Crippen LogP) is 5.48. The van der Waals surface area contributed by atoms with Crippen LogP contribution in [0, 0.1) is 0 Å².